The summed E-state index contributed by atoms with van der Waals surface area (Å²) in [5, 5.41) is 4.51. The van der Waals surface area contributed by atoms with Crippen molar-refractivity contribution in [3.8, 4) is 10.6 Å². The number of carbonyl (C=O) groups is 1. The fourth-order valence-corrected chi connectivity index (χ4v) is 5.54. The normalized spacial score (nSPS) is 11.7. The van der Waals surface area contributed by atoms with Gasteiger partial charge in [0, 0.05) is 23.2 Å². The van der Waals surface area contributed by atoms with Gasteiger partial charge in [-0.05, 0) is 42.5 Å². The van der Waals surface area contributed by atoms with Gasteiger partial charge in [-0.15, -0.1) is 22.7 Å². The highest BCUT2D eigenvalue weighted by Crippen LogP contribution is 2.42. The molecule has 3 aromatic heterocycles. The fourth-order valence-electron chi connectivity index (χ4n) is 3.49. The lowest BCUT2D eigenvalue weighted by Crippen LogP contribution is -2.29. The summed E-state index contributed by atoms with van der Waals surface area (Å²) in [4.78, 5) is 19.0. The van der Waals surface area contributed by atoms with Gasteiger partial charge in [-0.1, -0.05) is 48.1 Å². The third-order valence-corrected chi connectivity index (χ3v) is 7.52. The van der Waals surface area contributed by atoms with E-state index in [1.807, 2.05) is 31.2 Å². The number of thiocarbonyl (C=S) groups is 1. The van der Waals surface area contributed by atoms with Gasteiger partial charge in [-0.2, -0.15) is 13.2 Å². The van der Waals surface area contributed by atoms with Crippen molar-refractivity contribution in [2.24, 2.45) is 0 Å². The summed E-state index contributed by atoms with van der Waals surface area (Å²) in [6, 6.07) is 12.5. The molecule has 3 nitrogen and oxygen atoms in total. The van der Waals surface area contributed by atoms with Gasteiger partial charge in [0.25, 0.3) is 5.91 Å². The number of carbonyl (C=O) groups excluding carboxylic acids is 1. The van der Waals surface area contributed by atoms with Crippen LogP contribution in [0, 0.1) is 13.8 Å². The first-order chi connectivity index (χ1) is 15.6. The van der Waals surface area contributed by atoms with Crippen LogP contribution in [0.4, 0.5) is 13.2 Å². The molecule has 33 heavy (non-hydrogen) atoms. The van der Waals surface area contributed by atoms with E-state index in [-0.39, 0.29) is 32.9 Å². The summed E-state index contributed by atoms with van der Waals surface area (Å²) in [5.74, 6) is -0.451. The minimum atomic E-state index is -4.57. The Balaban J connectivity index is 1.59. The molecule has 0 saturated heterocycles. The second kappa shape index (κ2) is 9.32. The van der Waals surface area contributed by atoms with E-state index in [1.54, 1.807) is 17.5 Å². The van der Waals surface area contributed by atoms with Crippen LogP contribution in [0.3, 0.4) is 0 Å². The molecule has 0 atom stereocenters. The number of alkyl halides is 3. The van der Waals surface area contributed by atoms with Crippen molar-refractivity contribution in [1.82, 2.24) is 10.3 Å². The van der Waals surface area contributed by atoms with Gasteiger partial charge in [0.05, 0.1) is 21.0 Å². The summed E-state index contributed by atoms with van der Waals surface area (Å²) >= 11 is 7.68. The number of hydrogen-bond acceptors (Lipinski definition) is 5. The lowest BCUT2D eigenvalue weighted by Gasteiger charge is -2.11. The maximum absolute atomic E-state index is 13.9. The predicted molar refractivity (Wildman–Crippen MR) is 132 cm³/mol. The van der Waals surface area contributed by atoms with E-state index in [4.69, 9.17) is 12.2 Å². The van der Waals surface area contributed by atoms with Crippen molar-refractivity contribution >= 4 is 55.9 Å². The van der Waals surface area contributed by atoms with Gasteiger partial charge in [0.1, 0.15) is 4.83 Å². The third kappa shape index (κ3) is 5.15. The Labute approximate surface area is 202 Å². The molecule has 0 spiro atoms. The number of amides is 1. The summed E-state index contributed by atoms with van der Waals surface area (Å²) < 4.78 is 41.6. The molecule has 0 saturated carbocycles. The van der Waals surface area contributed by atoms with Crippen molar-refractivity contribution in [3.05, 3.63) is 75.0 Å². The highest BCUT2D eigenvalue weighted by Gasteiger charge is 2.36. The van der Waals surface area contributed by atoms with Crippen molar-refractivity contribution < 1.29 is 18.0 Å². The Morgan fingerprint density at radius 1 is 1.15 bits per heavy atom. The molecule has 1 N–H and O–H groups in total. The van der Waals surface area contributed by atoms with Gasteiger partial charge in [-0.3, -0.25) is 4.79 Å². The molecule has 0 bridgehead atoms. The molecule has 4 aromatic rings. The molecule has 1 aromatic carbocycles. The van der Waals surface area contributed by atoms with Crippen LogP contribution < -0.4 is 5.32 Å². The first-order valence-corrected chi connectivity index (χ1v) is 12.1. The van der Waals surface area contributed by atoms with Crippen LogP contribution in [-0.4, -0.2) is 22.3 Å². The standard InChI is InChI=1S/C24H19F3N2OS3/c1-13-5-7-15(8-6-13)10-16(31)12-28-22(30)21-14(2)20-17(24(25,26)27)11-18(29-23(20)33-21)19-4-3-9-32-19/h3-9,11H,10,12H2,1-2H3,(H,28,30). The Bertz CT molecular complexity index is 1320. The van der Waals surface area contributed by atoms with Crippen molar-refractivity contribution in [1.29, 1.82) is 0 Å². The number of rotatable bonds is 6. The molecule has 3 heterocycles. The van der Waals surface area contributed by atoms with Gasteiger partial charge < -0.3 is 5.32 Å². The fraction of sp³-hybridized carbons (Fsp3) is 0.208. The van der Waals surface area contributed by atoms with E-state index in [0.717, 1.165) is 28.5 Å². The topological polar surface area (TPSA) is 42.0 Å². The average molecular weight is 505 g/mol. The monoisotopic (exact) mass is 504 g/mol. The van der Waals surface area contributed by atoms with E-state index in [0.29, 0.717) is 16.2 Å². The summed E-state index contributed by atoms with van der Waals surface area (Å²) in [6.45, 7) is 3.69. The van der Waals surface area contributed by atoms with E-state index in [1.165, 1.54) is 18.3 Å². The van der Waals surface area contributed by atoms with E-state index < -0.39 is 17.6 Å². The zero-order valence-electron chi connectivity index (χ0n) is 17.7. The lowest BCUT2D eigenvalue weighted by molar-refractivity contribution is -0.136. The highest BCUT2D eigenvalue weighted by atomic mass is 32.1. The zero-order valence-corrected chi connectivity index (χ0v) is 20.2. The number of nitrogens with zero attached hydrogens (tertiary/aromatic N) is 1. The van der Waals surface area contributed by atoms with Gasteiger partial charge in [-0.25, -0.2) is 4.98 Å². The lowest BCUT2D eigenvalue weighted by atomic mass is 10.1. The highest BCUT2D eigenvalue weighted by molar-refractivity contribution is 7.80. The molecule has 4 rings (SSSR count). The Kier molecular flexibility index (Phi) is 6.65. The van der Waals surface area contributed by atoms with Crippen molar-refractivity contribution in [2.45, 2.75) is 26.4 Å². The first-order valence-electron chi connectivity index (χ1n) is 10.0. The number of hydrogen-bond donors (Lipinski definition) is 1. The number of nitrogens with one attached hydrogen (secondary N) is 1. The molecule has 170 valence electrons. The number of thiophene rings is 2. The number of aromatic nitrogens is 1. The van der Waals surface area contributed by atoms with Crippen molar-refractivity contribution in [2.75, 3.05) is 6.54 Å². The van der Waals surface area contributed by atoms with Crippen LogP contribution in [0.2, 0.25) is 0 Å². The maximum atomic E-state index is 13.9. The Hall–Kier alpha value is -2.62. The van der Waals surface area contributed by atoms with Crippen LogP contribution in [0.15, 0.2) is 47.8 Å². The molecule has 0 radical (unpaired) electrons. The molecule has 1 amide bonds. The quantitative estimate of drug-likeness (QED) is 0.287. The number of fused-ring (bicyclic) bond motifs is 1. The largest absolute Gasteiger partial charge is 0.417 e. The molecular formula is C24H19F3N2OS3. The van der Waals surface area contributed by atoms with Gasteiger partial charge in [0.2, 0.25) is 0 Å². The van der Waals surface area contributed by atoms with E-state index in [9.17, 15) is 18.0 Å². The third-order valence-electron chi connectivity index (χ3n) is 5.15. The predicted octanol–water partition coefficient (Wildman–Crippen LogP) is 7.00. The summed E-state index contributed by atoms with van der Waals surface area (Å²) in [7, 11) is 0. The van der Waals surface area contributed by atoms with E-state index >= 15 is 0 Å². The second-order valence-electron chi connectivity index (χ2n) is 7.65. The van der Waals surface area contributed by atoms with Crippen LogP contribution in [0.1, 0.15) is 31.9 Å². The number of benzene rings is 1. The molecular weight excluding hydrogens is 485 g/mol. The summed E-state index contributed by atoms with van der Waals surface area (Å²) in [6.07, 6.45) is -4.03. The molecule has 0 unspecified atom stereocenters. The summed E-state index contributed by atoms with van der Waals surface area (Å²) in [5.41, 5.74) is 1.93. The zero-order chi connectivity index (χ0) is 23.8. The SMILES string of the molecule is Cc1ccc(CC(=S)CNC(=O)c2sc3nc(-c4cccs4)cc(C(F)(F)F)c3c2C)cc1. The van der Waals surface area contributed by atoms with Gasteiger partial charge in [0.15, 0.2) is 0 Å². The molecule has 0 aliphatic rings. The molecule has 0 aliphatic carbocycles. The van der Waals surface area contributed by atoms with Crippen LogP contribution in [-0.2, 0) is 12.6 Å². The van der Waals surface area contributed by atoms with Gasteiger partial charge >= 0.3 is 6.18 Å². The van der Waals surface area contributed by atoms with Crippen molar-refractivity contribution in [3.63, 3.8) is 0 Å². The average Bonchev–Trinajstić information content (AvgIpc) is 3.41. The second-order valence-corrected chi connectivity index (χ2v) is 10.2. The number of aryl methyl sites for hydroxylation is 2. The molecule has 9 heteroatoms. The Morgan fingerprint density at radius 2 is 1.88 bits per heavy atom. The number of pyridine rings is 1. The van der Waals surface area contributed by atoms with Crippen LogP contribution >= 0.6 is 34.9 Å². The van der Waals surface area contributed by atoms with Crippen LogP contribution in [0.25, 0.3) is 20.8 Å². The smallest absolute Gasteiger partial charge is 0.347 e. The Morgan fingerprint density at radius 3 is 2.52 bits per heavy atom. The maximum Gasteiger partial charge on any atom is 0.417 e. The minimum absolute atomic E-state index is 0.0276. The molecule has 0 fully saturated rings. The number of halogens is 3. The van der Waals surface area contributed by atoms with Crippen LogP contribution in [0.5, 0.6) is 0 Å². The van der Waals surface area contributed by atoms with E-state index in [2.05, 4.69) is 10.3 Å². The molecule has 0 aliphatic heterocycles. The first kappa shape index (κ1) is 23.5. The minimum Gasteiger partial charge on any atom is -0.347 e.